The maximum absolute atomic E-state index is 12.1. The average molecular weight is 355 g/mol. The van der Waals surface area contributed by atoms with E-state index in [9.17, 15) is 4.79 Å². The first-order chi connectivity index (χ1) is 12.2. The Morgan fingerprint density at radius 2 is 2.08 bits per heavy atom. The molecule has 1 aliphatic heterocycles. The van der Waals surface area contributed by atoms with E-state index >= 15 is 0 Å². The van der Waals surface area contributed by atoms with Gasteiger partial charge in [0.1, 0.15) is 24.3 Å². The number of pyridine rings is 1. The molecule has 6 nitrogen and oxygen atoms in total. The molecule has 25 heavy (non-hydrogen) atoms. The second-order valence-corrected chi connectivity index (χ2v) is 6.51. The van der Waals surface area contributed by atoms with Crippen LogP contribution in [0.5, 0.6) is 11.5 Å². The molecular formula is C18H17N3O3S. The summed E-state index contributed by atoms with van der Waals surface area (Å²) in [7, 11) is 0. The molecule has 3 rings (SSSR count). The summed E-state index contributed by atoms with van der Waals surface area (Å²) in [5.74, 6) is 1.77. The number of aromatic nitrogens is 1. The first kappa shape index (κ1) is 17.1. The number of carbonyl (C=O) groups is 1. The molecule has 0 aliphatic carbocycles. The molecule has 1 aromatic heterocycles. The Kier molecular flexibility index (Phi) is 5.41. The van der Waals surface area contributed by atoms with Crippen molar-refractivity contribution in [3.8, 4) is 17.6 Å². The van der Waals surface area contributed by atoms with Crippen LogP contribution in [0.2, 0.25) is 0 Å². The molecule has 2 heterocycles. The van der Waals surface area contributed by atoms with E-state index in [-0.39, 0.29) is 5.91 Å². The van der Waals surface area contributed by atoms with Crippen molar-refractivity contribution in [2.45, 2.75) is 18.4 Å². The van der Waals surface area contributed by atoms with Crippen LogP contribution in [0.4, 0.5) is 5.69 Å². The lowest BCUT2D eigenvalue weighted by atomic mass is 10.2. The van der Waals surface area contributed by atoms with E-state index in [1.165, 1.54) is 11.8 Å². The maximum Gasteiger partial charge on any atom is 0.225 e. The number of rotatable bonds is 5. The monoisotopic (exact) mass is 355 g/mol. The lowest BCUT2D eigenvalue weighted by Gasteiger charge is -2.19. The van der Waals surface area contributed by atoms with E-state index in [4.69, 9.17) is 14.7 Å². The molecule has 0 spiro atoms. The zero-order chi connectivity index (χ0) is 17.6. The van der Waals surface area contributed by atoms with Crippen LogP contribution in [-0.4, -0.2) is 29.9 Å². The number of nitriles is 1. The second kappa shape index (κ2) is 7.90. The number of thioether (sulfide) groups is 1. The summed E-state index contributed by atoms with van der Waals surface area (Å²) in [6.07, 6.45) is 0.319. The Balaban J connectivity index is 1.54. The van der Waals surface area contributed by atoms with Gasteiger partial charge in [0.25, 0.3) is 0 Å². The van der Waals surface area contributed by atoms with Gasteiger partial charge in [-0.25, -0.2) is 4.98 Å². The molecule has 0 radical (unpaired) electrons. The molecule has 0 fully saturated rings. The van der Waals surface area contributed by atoms with Crippen LogP contribution in [0.25, 0.3) is 0 Å². The molecule has 1 aliphatic rings. The molecule has 1 N–H and O–H groups in total. The smallest absolute Gasteiger partial charge is 0.225 e. The van der Waals surface area contributed by atoms with Gasteiger partial charge in [-0.3, -0.25) is 4.79 Å². The van der Waals surface area contributed by atoms with E-state index < -0.39 is 0 Å². The standard InChI is InChI=1S/C18H17N3O3S/c1-12-2-3-13(11-19)18(20-12)25-9-6-17(22)21-14-4-5-15-16(10-14)24-8-7-23-15/h2-5,10H,6-9H2,1H3,(H,21,22). The summed E-state index contributed by atoms with van der Waals surface area (Å²) in [6.45, 7) is 2.92. The number of hydrogen-bond donors (Lipinski definition) is 1. The molecular weight excluding hydrogens is 338 g/mol. The molecule has 0 saturated heterocycles. The Morgan fingerprint density at radius 3 is 2.88 bits per heavy atom. The van der Waals surface area contributed by atoms with Gasteiger partial charge >= 0.3 is 0 Å². The third-order valence-electron chi connectivity index (χ3n) is 3.51. The number of fused-ring (bicyclic) bond motifs is 1. The van der Waals surface area contributed by atoms with Gasteiger partial charge in [-0.1, -0.05) is 0 Å². The van der Waals surface area contributed by atoms with Crippen molar-refractivity contribution in [3.63, 3.8) is 0 Å². The minimum Gasteiger partial charge on any atom is -0.486 e. The molecule has 1 aromatic carbocycles. The maximum atomic E-state index is 12.1. The predicted molar refractivity (Wildman–Crippen MR) is 95.1 cm³/mol. The van der Waals surface area contributed by atoms with Gasteiger partial charge in [-0.2, -0.15) is 5.26 Å². The van der Waals surface area contributed by atoms with Gasteiger partial charge in [0.2, 0.25) is 5.91 Å². The fourth-order valence-corrected chi connectivity index (χ4v) is 3.27. The van der Waals surface area contributed by atoms with Crippen LogP contribution in [0.1, 0.15) is 17.7 Å². The Hall–Kier alpha value is -2.72. The van der Waals surface area contributed by atoms with Crippen molar-refractivity contribution in [2.75, 3.05) is 24.3 Å². The number of anilines is 1. The molecule has 0 saturated carbocycles. The first-order valence-electron chi connectivity index (χ1n) is 7.86. The van der Waals surface area contributed by atoms with Gasteiger partial charge in [0, 0.05) is 29.6 Å². The topological polar surface area (TPSA) is 84.2 Å². The van der Waals surface area contributed by atoms with Gasteiger partial charge in [0.05, 0.1) is 5.56 Å². The molecule has 2 aromatic rings. The second-order valence-electron chi connectivity index (χ2n) is 5.42. The highest BCUT2D eigenvalue weighted by atomic mass is 32.2. The SMILES string of the molecule is Cc1ccc(C#N)c(SCCC(=O)Nc2ccc3c(c2)OCCO3)n1. The summed E-state index contributed by atoms with van der Waals surface area (Å²) in [5.41, 5.74) is 2.05. The zero-order valence-corrected chi connectivity index (χ0v) is 14.6. The van der Waals surface area contributed by atoms with Crippen molar-refractivity contribution in [2.24, 2.45) is 0 Å². The lowest BCUT2D eigenvalue weighted by Crippen LogP contribution is -2.16. The van der Waals surface area contributed by atoms with Crippen LogP contribution in [0.15, 0.2) is 35.4 Å². The zero-order valence-electron chi connectivity index (χ0n) is 13.7. The minimum absolute atomic E-state index is 0.102. The minimum atomic E-state index is -0.102. The van der Waals surface area contributed by atoms with Crippen LogP contribution < -0.4 is 14.8 Å². The molecule has 128 valence electrons. The summed E-state index contributed by atoms with van der Waals surface area (Å²) in [5, 5.41) is 12.6. The number of nitrogens with zero attached hydrogens (tertiary/aromatic N) is 2. The average Bonchev–Trinajstić information content (AvgIpc) is 2.62. The van der Waals surface area contributed by atoms with Gasteiger partial charge in [0.15, 0.2) is 11.5 Å². The quantitative estimate of drug-likeness (QED) is 0.830. The highest BCUT2D eigenvalue weighted by molar-refractivity contribution is 7.99. The fraction of sp³-hybridized carbons (Fsp3) is 0.278. The highest BCUT2D eigenvalue weighted by Crippen LogP contribution is 2.32. The molecule has 0 atom stereocenters. The number of amides is 1. The summed E-state index contributed by atoms with van der Waals surface area (Å²) in [4.78, 5) is 16.5. The predicted octanol–water partition coefficient (Wildman–Crippen LogP) is 3.15. The van der Waals surface area contributed by atoms with E-state index in [1.54, 1.807) is 30.3 Å². The number of aryl methyl sites for hydroxylation is 1. The lowest BCUT2D eigenvalue weighted by molar-refractivity contribution is -0.115. The first-order valence-corrected chi connectivity index (χ1v) is 8.84. The van der Waals surface area contributed by atoms with Crippen molar-refractivity contribution < 1.29 is 14.3 Å². The third-order valence-corrected chi connectivity index (χ3v) is 4.51. The number of nitrogens with one attached hydrogen (secondary N) is 1. The van der Waals surface area contributed by atoms with Gasteiger partial charge in [-0.15, -0.1) is 11.8 Å². The number of ether oxygens (including phenoxy) is 2. The van der Waals surface area contributed by atoms with E-state index in [2.05, 4.69) is 16.4 Å². The number of hydrogen-bond acceptors (Lipinski definition) is 6. The molecule has 0 unspecified atom stereocenters. The molecule has 7 heteroatoms. The van der Waals surface area contributed by atoms with Crippen LogP contribution in [0.3, 0.4) is 0 Å². The summed E-state index contributed by atoms with van der Waals surface area (Å²) < 4.78 is 11.0. The highest BCUT2D eigenvalue weighted by Gasteiger charge is 2.13. The Bertz CT molecular complexity index is 833. The Labute approximate surface area is 150 Å². The summed E-state index contributed by atoms with van der Waals surface area (Å²) >= 11 is 1.41. The van der Waals surface area contributed by atoms with Crippen LogP contribution in [0, 0.1) is 18.3 Å². The normalized spacial score (nSPS) is 12.3. The molecule has 0 bridgehead atoms. The largest absolute Gasteiger partial charge is 0.486 e. The van der Waals surface area contributed by atoms with Crippen molar-refractivity contribution in [3.05, 3.63) is 41.6 Å². The van der Waals surface area contributed by atoms with E-state index in [1.807, 2.05) is 6.92 Å². The molecule has 1 amide bonds. The Morgan fingerprint density at radius 1 is 1.28 bits per heavy atom. The van der Waals surface area contributed by atoms with Crippen molar-refractivity contribution >= 4 is 23.4 Å². The third kappa shape index (κ3) is 4.43. The van der Waals surface area contributed by atoms with Crippen molar-refractivity contribution in [1.82, 2.24) is 4.98 Å². The summed E-state index contributed by atoms with van der Waals surface area (Å²) in [6, 6.07) is 11.0. The van der Waals surface area contributed by atoms with Crippen LogP contribution >= 0.6 is 11.8 Å². The number of benzene rings is 1. The van der Waals surface area contributed by atoms with E-state index in [0.717, 1.165) is 5.69 Å². The number of carbonyl (C=O) groups excluding carboxylic acids is 1. The van der Waals surface area contributed by atoms with Crippen molar-refractivity contribution in [1.29, 1.82) is 5.26 Å². The van der Waals surface area contributed by atoms with Gasteiger partial charge in [-0.05, 0) is 31.2 Å². The van der Waals surface area contributed by atoms with E-state index in [0.29, 0.717) is 53.2 Å². The van der Waals surface area contributed by atoms with Crippen LogP contribution in [-0.2, 0) is 4.79 Å². The van der Waals surface area contributed by atoms with Gasteiger partial charge < -0.3 is 14.8 Å². The fourth-order valence-electron chi connectivity index (χ4n) is 2.31.